The van der Waals surface area contributed by atoms with Gasteiger partial charge >= 0.3 is 0 Å². The van der Waals surface area contributed by atoms with E-state index in [1.165, 1.54) is 5.69 Å². The van der Waals surface area contributed by atoms with Crippen LogP contribution < -0.4 is 15.4 Å². The van der Waals surface area contributed by atoms with Crippen molar-refractivity contribution in [3.8, 4) is 5.75 Å². The van der Waals surface area contributed by atoms with E-state index in [2.05, 4.69) is 26.9 Å². The number of piperazine rings is 1. The van der Waals surface area contributed by atoms with E-state index >= 15 is 0 Å². The summed E-state index contributed by atoms with van der Waals surface area (Å²) in [6.07, 6.45) is 0.328. The highest BCUT2D eigenvalue weighted by atomic mass is 16.5. The van der Waals surface area contributed by atoms with Gasteiger partial charge in [-0.25, -0.2) is 4.99 Å². The van der Waals surface area contributed by atoms with E-state index in [1.807, 2.05) is 26.0 Å². The monoisotopic (exact) mass is 318 g/mol. The summed E-state index contributed by atoms with van der Waals surface area (Å²) in [5.41, 5.74) is 6.82. The molecule has 3 rings (SSSR count). The molecule has 2 heterocycles. The van der Waals surface area contributed by atoms with Crippen molar-refractivity contribution >= 4 is 11.7 Å². The number of rotatable bonds is 5. The number of benzene rings is 1. The maximum absolute atomic E-state index is 5.69. The molecular formula is C17H26N4O2. The van der Waals surface area contributed by atoms with E-state index in [0.29, 0.717) is 12.6 Å². The average molecular weight is 318 g/mol. The van der Waals surface area contributed by atoms with Crippen molar-refractivity contribution in [1.29, 1.82) is 0 Å². The van der Waals surface area contributed by atoms with E-state index in [-0.39, 0.29) is 12.2 Å². The van der Waals surface area contributed by atoms with Gasteiger partial charge in [-0.05, 0) is 38.1 Å². The zero-order chi connectivity index (χ0) is 16.2. The van der Waals surface area contributed by atoms with Crippen molar-refractivity contribution in [2.45, 2.75) is 26.1 Å². The molecule has 1 saturated heterocycles. The second-order valence-corrected chi connectivity index (χ2v) is 6.37. The Morgan fingerprint density at radius 3 is 2.48 bits per heavy atom. The maximum Gasteiger partial charge on any atom is 0.282 e. The average Bonchev–Trinajstić information content (AvgIpc) is 2.93. The Labute approximate surface area is 137 Å². The molecule has 2 N–H and O–H groups in total. The lowest BCUT2D eigenvalue weighted by Crippen LogP contribution is -2.49. The van der Waals surface area contributed by atoms with E-state index in [1.54, 1.807) is 0 Å². The molecule has 1 atom stereocenters. The van der Waals surface area contributed by atoms with Gasteiger partial charge < -0.3 is 20.1 Å². The third-order valence-corrected chi connectivity index (χ3v) is 4.15. The van der Waals surface area contributed by atoms with Crippen LogP contribution in [0.5, 0.6) is 5.75 Å². The standard InChI is InChI=1S/C17H26N4O2/c1-13(2)22-15-5-3-14(4-6-15)21-9-7-20(8-10-21)12-16-11-19-17(18)23-16/h3-6,13,16H,7-12H2,1-2H3,(H2,18,19). The first-order valence-electron chi connectivity index (χ1n) is 8.31. The summed E-state index contributed by atoms with van der Waals surface area (Å²) in [5, 5.41) is 0. The Morgan fingerprint density at radius 1 is 1.22 bits per heavy atom. The summed E-state index contributed by atoms with van der Waals surface area (Å²) in [5.74, 6) is 0.929. The highest BCUT2D eigenvalue weighted by molar-refractivity contribution is 5.73. The molecule has 0 aromatic heterocycles. The number of nitrogens with two attached hydrogens (primary N) is 1. The molecule has 23 heavy (non-hydrogen) atoms. The number of aliphatic imine (C=N–C) groups is 1. The van der Waals surface area contributed by atoms with E-state index in [4.69, 9.17) is 15.2 Å². The van der Waals surface area contributed by atoms with Crippen molar-refractivity contribution < 1.29 is 9.47 Å². The van der Waals surface area contributed by atoms with Gasteiger partial charge in [0.1, 0.15) is 11.9 Å². The normalized spacial score (nSPS) is 22.1. The number of amidine groups is 1. The van der Waals surface area contributed by atoms with Gasteiger partial charge in [0.05, 0.1) is 12.6 Å². The summed E-state index contributed by atoms with van der Waals surface area (Å²) >= 11 is 0. The third-order valence-electron chi connectivity index (χ3n) is 4.15. The fourth-order valence-corrected chi connectivity index (χ4v) is 3.02. The van der Waals surface area contributed by atoms with Gasteiger partial charge in [-0.15, -0.1) is 0 Å². The van der Waals surface area contributed by atoms with Crippen molar-refractivity contribution in [2.75, 3.05) is 44.2 Å². The molecule has 0 radical (unpaired) electrons. The van der Waals surface area contributed by atoms with Gasteiger partial charge in [-0.3, -0.25) is 4.90 Å². The van der Waals surface area contributed by atoms with Gasteiger partial charge in [-0.2, -0.15) is 0 Å². The van der Waals surface area contributed by atoms with Crippen LogP contribution >= 0.6 is 0 Å². The van der Waals surface area contributed by atoms with Crippen LogP contribution in [0.2, 0.25) is 0 Å². The minimum atomic E-state index is 0.119. The Balaban J connectivity index is 1.47. The van der Waals surface area contributed by atoms with Crippen LogP contribution in [0.1, 0.15) is 13.8 Å². The first kappa shape index (κ1) is 15.9. The smallest absolute Gasteiger partial charge is 0.282 e. The zero-order valence-corrected chi connectivity index (χ0v) is 13.9. The highest BCUT2D eigenvalue weighted by Gasteiger charge is 2.24. The molecule has 1 unspecified atom stereocenters. The first-order chi connectivity index (χ1) is 11.1. The van der Waals surface area contributed by atoms with Crippen molar-refractivity contribution in [2.24, 2.45) is 10.7 Å². The molecule has 126 valence electrons. The number of anilines is 1. The van der Waals surface area contributed by atoms with Crippen LogP contribution in [0.3, 0.4) is 0 Å². The fraction of sp³-hybridized carbons (Fsp3) is 0.588. The van der Waals surface area contributed by atoms with E-state index < -0.39 is 0 Å². The SMILES string of the molecule is CC(C)Oc1ccc(N2CCN(CC3CN=C(N)O3)CC2)cc1. The molecule has 1 aromatic rings. The molecule has 1 aromatic carbocycles. The molecule has 2 aliphatic rings. The Kier molecular flexibility index (Phi) is 4.91. The number of nitrogens with zero attached hydrogens (tertiary/aromatic N) is 3. The fourth-order valence-electron chi connectivity index (χ4n) is 3.02. The molecule has 0 amide bonds. The summed E-state index contributed by atoms with van der Waals surface area (Å²) in [6.45, 7) is 9.77. The quantitative estimate of drug-likeness (QED) is 0.887. The van der Waals surface area contributed by atoms with Gasteiger partial charge in [0, 0.05) is 38.4 Å². The number of hydrogen-bond donors (Lipinski definition) is 1. The molecule has 6 nitrogen and oxygen atoms in total. The third kappa shape index (κ3) is 4.28. The summed E-state index contributed by atoms with van der Waals surface area (Å²) in [7, 11) is 0. The molecule has 6 heteroatoms. The molecule has 0 bridgehead atoms. The molecule has 0 spiro atoms. The van der Waals surface area contributed by atoms with Crippen LogP contribution in [0, 0.1) is 0 Å². The lowest BCUT2D eigenvalue weighted by Gasteiger charge is -2.36. The van der Waals surface area contributed by atoms with Crippen molar-refractivity contribution in [3.05, 3.63) is 24.3 Å². The lowest BCUT2D eigenvalue weighted by molar-refractivity contribution is 0.139. The topological polar surface area (TPSA) is 63.3 Å². The Morgan fingerprint density at radius 2 is 1.91 bits per heavy atom. The lowest BCUT2D eigenvalue weighted by atomic mass is 10.2. The minimum absolute atomic E-state index is 0.119. The van der Waals surface area contributed by atoms with Gasteiger partial charge in [0.15, 0.2) is 0 Å². The molecule has 0 saturated carbocycles. The summed E-state index contributed by atoms with van der Waals surface area (Å²) < 4.78 is 11.2. The van der Waals surface area contributed by atoms with Crippen molar-refractivity contribution in [3.63, 3.8) is 0 Å². The van der Waals surface area contributed by atoms with E-state index in [9.17, 15) is 0 Å². The van der Waals surface area contributed by atoms with Gasteiger partial charge in [0.25, 0.3) is 6.02 Å². The van der Waals surface area contributed by atoms with E-state index in [0.717, 1.165) is 38.5 Å². The number of hydrogen-bond acceptors (Lipinski definition) is 6. The highest BCUT2D eigenvalue weighted by Crippen LogP contribution is 2.21. The Hall–Kier alpha value is -1.95. The second kappa shape index (κ2) is 7.08. The van der Waals surface area contributed by atoms with Gasteiger partial charge in [0.2, 0.25) is 0 Å². The van der Waals surface area contributed by atoms with Crippen LogP contribution in [-0.2, 0) is 4.74 Å². The Bertz CT molecular complexity index is 536. The maximum atomic E-state index is 5.69. The first-order valence-corrected chi connectivity index (χ1v) is 8.31. The predicted octanol–water partition coefficient (Wildman–Crippen LogP) is 1.31. The van der Waals surface area contributed by atoms with Gasteiger partial charge in [-0.1, -0.05) is 0 Å². The van der Waals surface area contributed by atoms with Crippen LogP contribution in [0.25, 0.3) is 0 Å². The largest absolute Gasteiger partial charge is 0.491 e. The zero-order valence-electron chi connectivity index (χ0n) is 13.9. The molecule has 0 aliphatic carbocycles. The predicted molar refractivity (Wildman–Crippen MR) is 92.2 cm³/mol. The van der Waals surface area contributed by atoms with Crippen LogP contribution in [0.15, 0.2) is 29.3 Å². The van der Waals surface area contributed by atoms with Crippen LogP contribution in [0.4, 0.5) is 5.69 Å². The molecular weight excluding hydrogens is 292 g/mol. The number of ether oxygens (including phenoxy) is 2. The second-order valence-electron chi connectivity index (χ2n) is 6.37. The summed E-state index contributed by atoms with van der Waals surface area (Å²) in [4.78, 5) is 8.93. The van der Waals surface area contributed by atoms with Crippen LogP contribution in [-0.4, -0.2) is 62.4 Å². The van der Waals surface area contributed by atoms with Crippen molar-refractivity contribution in [1.82, 2.24) is 4.90 Å². The molecule has 1 fully saturated rings. The molecule has 2 aliphatic heterocycles. The minimum Gasteiger partial charge on any atom is -0.491 e. The summed E-state index contributed by atoms with van der Waals surface area (Å²) in [6, 6.07) is 8.71.